The second kappa shape index (κ2) is 9.74. The molecule has 1 aromatic carbocycles. The zero-order valence-electron chi connectivity index (χ0n) is 18.3. The van der Waals surface area contributed by atoms with Crippen LogP contribution in [0.25, 0.3) is 0 Å². The number of fused-ring (bicyclic) bond motifs is 1. The molecule has 2 aromatic rings. The van der Waals surface area contributed by atoms with Crippen LogP contribution in [-0.4, -0.2) is 70.8 Å². The normalized spacial score (nSPS) is 17.1. The van der Waals surface area contributed by atoms with Gasteiger partial charge in [-0.3, -0.25) is 4.79 Å². The molecule has 1 saturated heterocycles. The number of amides is 1. The number of nitrogens with two attached hydrogens (primary N) is 1. The molecule has 0 atom stereocenters. The van der Waals surface area contributed by atoms with Crippen molar-refractivity contribution in [2.75, 3.05) is 44.5 Å². The van der Waals surface area contributed by atoms with E-state index in [9.17, 15) is 9.18 Å². The van der Waals surface area contributed by atoms with E-state index in [4.69, 9.17) is 15.2 Å². The maximum atomic E-state index is 13.3. The molecular formula is C22H25FN7O3+. The van der Waals surface area contributed by atoms with E-state index in [-0.39, 0.29) is 12.4 Å². The van der Waals surface area contributed by atoms with Crippen LogP contribution >= 0.6 is 0 Å². The number of halogens is 1. The third-order valence-corrected chi connectivity index (χ3v) is 5.22. The molecule has 0 unspecified atom stereocenters. The molecule has 1 aromatic heterocycles. The second-order valence-corrected chi connectivity index (χ2v) is 7.51. The molecule has 3 N–H and O–H groups in total. The van der Waals surface area contributed by atoms with E-state index in [1.807, 2.05) is 24.3 Å². The van der Waals surface area contributed by atoms with Crippen molar-refractivity contribution < 1.29 is 23.2 Å². The van der Waals surface area contributed by atoms with Crippen molar-refractivity contribution in [3.8, 4) is 5.75 Å². The first kappa shape index (κ1) is 22.3. The summed E-state index contributed by atoms with van der Waals surface area (Å²) in [6.07, 6.45) is 3.00. The van der Waals surface area contributed by atoms with Gasteiger partial charge in [0.05, 0.1) is 18.9 Å². The van der Waals surface area contributed by atoms with Gasteiger partial charge in [0.1, 0.15) is 12.4 Å². The molecule has 0 saturated carbocycles. The standard InChI is InChI=1S/C22H25FN7O3/c1-14(23)21(31)29-9-3-4-16(12-29)30-13-25-18-19(24)27-22(28-20(18)30)26-15-5-7-17(8-6-15)33-11-10-32-2/h5-8,13H,1,3-4,9-12H2,2H3,(H3,24,26,27,28)/q+1. The van der Waals surface area contributed by atoms with Crippen LogP contribution in [0.5, 0.6) is 5.75 Å². The number of nitrogens with zero attached hydrogens (tertiary/aromatic N) is 5. The van der Waals surface area contributed by atoms with E-state index in [2.05, 4.69) is 26.9 Å². The molecule has 1 fully saturated rings. The summed E-state index contributed by atoms with van der Waals surface area (Å²) >= 11 is 0. The van der Waals surface area contributed by atoms with Crippen LogP contribution in [0.4, 0.5) is 33.3 Å². The van der Waals surface area contributed by atoms with Crippen LogP contribution in [0.1, 0.15) is 12.8 Å². The highest BCUT2D eigenvalue weighted by Gasteiger charge is 2.32. The van der Waals surface area contributed by atoms with E-state index in [0.29, 0.717) is 50.1 Å². The van der Waals surface area contributed by atoms with Gasteiger partial charge in [-0.25, -0.2) is 8.97 Å². The summed E-state index contributed by atoms with van der Waals surface area (Å²) in [5, 5.41) is 3.13. The zero-order valence-corrected chi connectivity index (χ0v) is 18.3. The lowest BCUT2D eigenvalue weighted by Gasteiger charge is -2.27. The molecule has 4 rings (SSSR count). The molecule has 0 spiro atoms. The fourth-order valence-electron chi connectivity index (χ4n) is 3.61. The van der Waals surface area contributed by atoms with Gasteiger partial charge in [0, 0.05) is 25.8 Å². The predicted molar refractivity (Wildman–Crippen MR) is 123 cm³/mol. The summed E-state index contributed by atoms with van der Waals surface area (Å²) in [5.74, 6) is 0.0735. The minimum Gasteiger partial charge on any atom is -0.491 e. The van der Waals surface area contributed by atoms with Crippen molar-refractivity contribution in [3.05, 3.63) is 36.7 Å². The smallest absolute Gasteiger partial charge is 0.318 e. The van der Waals surface area contributed by atoms with Crippen LogP contribution in [0, 0.1) is 0 Å². The second-order valence-electron chi connectivity index (χ2n) is 7.51. The number of aromatic nitrogens is 2. The molecular weight excluding hydrogens is 429 g/mol. The molecule has 10 nitrogen and oxygen atoms in total. The first-order valence-electron chi connectivity index (χ1n) is 10.4. The Hall–Kier alpha value is -3.86. The Morgan fingerprint density at radius 3 is 2.82 bits per heavy atom. The number of hydrogen-bond acceptors (Lipinski definition) is 8. The van der Waals surface area contributed by atoms with Crippen molar-refractivity contribution in [1.82, 2.24) is 14.9 Å². The van der Waals surface area contributed by atoms with E-state index < -0.39 is 11.7 Å². The number of likely N-dealkylation sites (tertiary alicyclic amines) is 1. The molecule has 2 aliphatic heterocycles. The highest BCUT2D eigenvalue weighted by molar-refractivity contribution is 5.97. The first-order chi connectivity index (χ1) is 16.0. The van der Waals surface area contributed by atoms with Crippen molar-refractivity contribution >= 4 is 46.9 Å². The minimum atomic E-state index is -0.972. The van der Waals surface area contributed by atoms with Crippen molar-refractivity contribution in [3.63, 3.8) is 0 Å². The van der Waals surface area contributed by atoms with E-state index in [0.717, 1.165) is 17.1 Å². The van der Waals surface area contributed by atoms with Gasteiger partial charge >= 0.3 is 11.8 Å². The molecule has 0 radical (unpaired) electrons. The van der Waals surface area contributed by atoms with Gasteiger partial charge in [-0.05, 0) is 30.7 Å². The Kier molecular flexibility index (Phi) is 6.59. The van der Waals surface area contributed by atoms with Crippen LogP contribution in [-0.2, 0) is 9.53 Å². The molecule has 0 aliphatic carbocycles. The number of rotatable bonds is 7. The Morgan fingerprint density at radius 1 is 1.30 bits per heavy atom. The Balaban J connectivity index is 1.55. The zero-order chi connectivity index (χ0) is 23.4. The number of anilines is 3. The number of carbonyl (C=O) groups excluding carboxylic acids is 1. The van der Waals surface area contributed by atoms with E-state index >= 15 is 0 Å². The maximum absolute atomic E-state index is 13.3. The predicted octanol–water partition coefficient (Wildman–Crippen LogP) is 2.69. The lowest BCUT2D eigenvalue weighted by molar-refractivity contribution is -0.299. The number of carbonyl (C=O) groups is 1. The summed E-state index contributed by atoms with van der Waals surface area (Å²) in [5.41, 5.74) is 8.19. The summed E-state index contributed by atoms with van der Waals surface area (Å²) in [6, 6.07) is 7.33. The van der Waals surface area contributed by atoms with E-state index in [1.54, 1.807) is 18.0 Å². The van der Waals surface area contributed by atoms with Gasteiger partial charge < -0.3 is 25.4 Å². The third-order valence-electron chi connectivity index (χ3n) is 5.22. The SMILES string of the molecule is C=C(F)C(=O)N1CCCC(=[N+]2C=Nc3c(N)nc(Nc4ccc(OCCOC)cc4)nc32)C1. The van der Waals surface area contributed by atoms with Crippen molar-refractivity contribution in [2.24, 2.45) is 4.99 Å². The molecule has 172 valence electrons. The summed E-state index contributed by atoms with van der Waals surface area (Å²) in [7, 11) is 1.62. The number of hydrogen-bond donors (Lipinski definition) is 2. The number of piperidine rings is 1. The highest BCUT2D eigenvalue weighted by atomic mass is 19.1. The number of nitrogen functional groups attached to an aromatic ring is 1. The average Bonchev–Trinajstić information content (AvgIpc) is 3.24. The van der Waals surface area contributed by atoms with Crippen LogP contribution < -0.4 is 15.8 Å². The Labute approximate surface area is 190 Å². The quantitative estimate of drug-likeness (QED) is 0.375. The molecule has 3 heterocycles. The Morgan fingerprint density at radius 2 is 2.09 bits per heavy atom. The molecule has 2 aliphatic rings. The number of benzene rings is 1. The van der Waals surface area contributed by atoms with Gasteiger partial charge in [0.2, 0.25) is 6.34 Å². The van der Waals surface area contributed by atoms with Crippen molar-refractivity contribution in [1.29, 1.82) is 0 Å². The fourth-order valence-corrected chi connectivity index (χ4v) is 3.61. The fraction of sp³-hybridized carbons (Fsp3) is 0.318. The van der Waals surface area contributed by atoms with Crippen LogP contribution in [0.15, 0.2) is 41.7 Å². The van der Waals surface area contributed by atoms with Gasteiger partial charge in [-0.15, -0.1) is 0 Å². The molecule has 11 heteroatoms. The Bertz CT molecular complexity index is 1130. The average molecular weight is 454 g/mol. The highest BCUT2D eigenvalue weighted by Crippen LogP contribution is 2.36. The lowest BCUT2D eigenvalue weighted by Crippen LogP contribution is -2.42. The number of aliphatic imine (C=N–C) groups is 1. The van der Waals surface area contributed by atoms with Crippen LogP contribution in [0.3, 0.4) is 0 Å². The molecule has 33 heavy (non-hydrogen) atoms. The van der Waals surface area contributed by atoms with E-state index in [1.165, 1.54) is 4.90 Å². The minimum absolute atomic E-state index is 0.224. The number of ether oxygens (including phenoxy) is 2. The lowest BCUT2D eigenvalue weighted by atomic mass is 10.1. The van der Waals surface area contributed by atoms with Gasteiger partial charge in [0.25, 0.3) is 11.6 Å². The van der Waals surface area contributed by atoms with Gasteiger partial charge in [-0.1, -0.05) is 16.6 Å². The summed E-state index contributed by atoms with van der Waals surface area (Å²) < 4.78 is 25.7. The van der Waals surface area contributed by atoms with Crippen molar-refractivity contribution in [2.45, 2.75) is 12.8 Å². The third kappa shape index (κ3) is 4.98. The first-order valence-corrected chi connectivity index (χ1v) is 10.4. The largest absolute Gasteiger partial charge is 0.491 e. The van der Waals surface area contributed by atoms with Gasteiger partial charge in [-0.2, -0.15) is 4.98 Å². The summed E-state index contributed by atoms with van der Waals surface area (Å²) in [6.45, 7) is 4.80. The molecule has 0 bridgehead atoms. The monoisotopic (exact) mass is 454 g/mol. The van der Waals surface area contributed by atoms with Gasteiger partial charge in [0.15, 0.2) is 11.6 Å². The topological polar surface area (TPSA) is 118 Å². The number of nitrogens with one attached hydrogen (secondary N) is 1. The molecule has 1 amide bonds. The number of methoxy groups -OCH3 is 1. The van der Waals surface area contributed by atoms with Crippen LogP contribution in [0.2, 0.25) is 0 Å². The summed E-state index contributed by atoms with van der Waals surface area (Å²) in [4.78, 5) is 26.7. The maximum Gasteiger partial charge on any atom is 0.318 e.